The number of carbonyl (C=O) groups is 2. The highest BCUT2D eigenvalue weighted by atomic mass is 35.5. The standard InChI is InChI=1S/C18H15ClN6O2S/c19-12-2-1-3-13(8-12)25-7-6-14(17(25)27)22-15-5-4-11(9-20-15)16(26)23-18-24-21-10-28-18/h1-5,8-10,14H,6-7H2,(H,20,22)(H,23,24,26). The highest BCUT2D eigenvalue weighted by Gasteiger charge is 2.32. The third-order valence-corrected chi connectivity index (χ3v) is 5.10. The van der Waals surface area contributed by atoms with Crippen LogP contribution in [-0.2, 0) is 4.79 Å². The Hall–Kier alpha value is -3.04. The summed E-state index contributed by atoms with van der Waals surface area (Å²) in [5, 5.41) is 14.2. The Morgan fingerprint density at radius 3 is 2.89 bits per heavy atom. The summed E-state index contributed by atoms with van der Waals surface area (Å²) in [5.41, 5.74) is 2.70. The van der Waals surface area contributed by atoms with Crippen LogP contribution < -0.4 is 15.5 Å². The maximum Gasteiger partial charge on any atom is 0.259 e. The number of hydrogen-bond acceptors (Lipinski definition) is 7. The molecule has 2 aromatic heterocycles. The molecule has 1 aliphatic rings. The molecular formula is C18H15ClN6O2S. The number of amides is 2. The average Bonchev–Trinajstić information content (AvgIpc) is 3.33. The SMILES string of the molecule is O=C(Nc1nncs1)c1ccc(NC2CCN(c3cccc(Cl)c3)C2=O)nc1. The van der Waals surface area contributed by atoms with Gasteiger partial charge in [0.2, 0.25) is 11.0 Å². The molecule has 0 spiro atoms. The maximum atomic E-state index is 12.7. The normalized spacial score (nSPS) is 16.2. The third-order valence-electron chi connectivity index (χ3n) is 4.25. The molecule has 2 N–H and O–H groups in total. The van der Waals surface area contributed by atoms with Crippen LogP contribution in [0.25, 0.3) is 0 Å². The number of aromatic nitrogens is 3. The minimum atomic E-state index is -0.382. The van der Waals surface area contributed by atoms with Crippen molar-refractivity contribution in [2.45, 2.75) is 12.5 Å². The largest absolute Gasteiger partial charge is 0.358 e. The smallest absolute Gasteiger partial charge is 0.259 e. The number of carbonyl (C=O) groups excluding carboxylic acids is 2. The van der Waals surface area contributed by atoms with Crippen LogP contribution in [0, 0.1) is 0 Å². The predicted molar refractivity (Wildman–Crippen MR) is 108 cm³/mol. The summed E-state index contributed by atoms with van der Waals surface area (Å²) in [6.07, 6.45) is 2.10. The van der Waals surface area contributed by atoms with E-state index in [1.165, 1.54) is 23.0 Å². The van der Waals surface area contributed by atoms with E-state index in [9.17, 15) is 9.59 Å². The number of rotatable bonds is 5. The summed E-state index contributed by atoms with van der Waals surface area (Å²) >= 11 is 7.25. The topological polar surface area (TPSA) is 100 Å². The first-order valence-corrected chi connectivity index (χ1v) is 9.73. The molecule has 10 heteroatoms. The minimum Gasteiger partial charge on any atom is -0.358 e. The van der Waals surface area contributed by atoms with E-state index in [0.29, 0.717) is 34.5 Å². The minimum absolute atomic E-state index is 0.0397. The Balaban J connectivity index is 1.39. The van der Waals surface area contributed by atoms with Crippen LogP contribution >= 0.6 is 22.9 Å². The summed E-state index contributed by atoms with van der Waals surface area (Å²) in [6.45, 7) is 0.596. The van der Waals surface area contributed by atoms with Crippen LogP contribution in [-0.4, -0.2) is 39.6 Å². The van der Waals surface area contributed by atoms with Crippen molar-refractivity contribution in [3.8, 4) is 0 Å². The maximum absolute atomic E-state index is 12.7. The number of anilines is 3. The monoisotopic (exact) mass is 414 g/mol. The van der Waals surface area contributed by atoms with Crippen molar-refractivity contribution in [1.82, 2.24) is 15.2 Å². The first-order valence-electron chi connectivity index (χ1n) is 8.47. The average molecular weight is 415 g/mol. The van der Waals surface area contributed by atoms with Gasteiger partial charge in [-0.1, -0.05) is 29.0 Å². The van der Waals surface area contributed by atoms with Crippen molar-refractivity contribution in [2.24, 2.45) is 0 Å². The Morgan fingerprint density at radius 1 is 1.29 bits per heavy atom. The van der Waals surface area contributed by atoms with Crippen LogP contribution in [0.3, 0.4) is 0 Å². The zero-order valence-electron chi connectivity index (χ0n) is 14.5. The summed E-state index contributed by atoms with van der Waals surface area (Å²) in [5.74, 6) is 0.167. The van der Waals surface area contributed by atoms with Gasteiger partial charge in [-0.3, -0.25) is 14.9 Å². The van der Waals surface area contributed by atoms with Crippen molar-refractivity contribution in [2.75, 3.05) is 22.1 Å². The van der Waals surface area contributed by atoms with Crippen LogP contribution in [0.4, 0.5) is 16.6 Å². The van der Waals surface area contributed by atoms with Crippen molar-refractivity contribution in [3.05, 3.63) is 58.7 Å². The van der Waals surface area contributed by atoms with Gasteiger partial charge in [-0.25, -0.2) is 4.98 Å². The lowest BCUT2D eigenvalue weighted by Gasteiger charge is -2.17. The van der Waals surface area contributed by atoms with Crippen LogP contribution in [0.1, 0.15) is 16.8 Å². The summed E-state index contributed by atoms with van der Waals surface area (Å²) in [4.78, 5) is 30.8. The number of halogens is 1. The highest BCUT2D eigenvalue weighted by molar-refractivity contribution is 7.13. The Kier molecular flexibility index (Phi) is 5.18. The fourth-order valence-corrected chi connectivity index (χ4v) is 3.53. The lowest BCUT2D eigenvalue weighted by Crippen LogP contribution is -2.33. The van der Waals surface area contributed by atoms with E-state index in [0.717, 1.165) is 5.69 Å². The molecule has 8 nitrogen and oxygen atoms in total. The molecule has 3 aromatic rings. The van der Waals surface area contributed by atoms with E-state index in [2.05, 4.69) is 25.8 Å². The van der Waals surface area contributed by atoms with Crippen LogP contribution in [0.15, 0.2) is 48.1 Å². The molecule has 1 atom stereocenters. The fourth-order valence-electron chi connectivity index (χ4n) is 2.90. The molecule has 1 aromatic carbocycles. The highest BCUT2D eigenvalue weighted by Crippen LogP contribution is 2.25. The van der Waals surface area contributed by atoms with E-state index >= 15 is 0 Å². The fraction of sp³-hybridized carbons (Fsp3) is 0.167. The molecular weight excluding hydrogens is 400 g/mol. The van der Waals surface area contributed by atoms with Gasteiger partial charge in [0.1, 0.15) is 17.4 Å². The zero-order chi connectivity index (χ0) is 19.5. The second-order valence-corrected chi connectivity index (χ2v) is 7.36. The molecule has 142 valence electrons. The lowest BCUT2D eigenvalue weighted by molar-refractivity contribution is -0.117. The molecule has 28 heavy (non-hydrogen) atoms. The molecule has 0 saturated carbocycles. The number of hydrogen-bond donors (Lipinski definition) is 2. The predicted octanol–water partition coefficient (Wildman–Crippen LogP) is 3.06. The van der Waals surface area contributed by atoms with Crippen molar-refractivity contribution in [3.63, 3.8) is 0 Å². The Bertz CT molecular complexity index is 996. The number of nitrogens with zero attached hydrogens (tertiary/aromatic N) is 4. The Labute approximate surface area is 169 Å². The van der Waals surface area contributed by atoms with Gasteiger partial charge in [0.05, 0.1) is 5.56 Å². The number of pyridine rings is 1. The third kappa shape index (κ3) is 3.95. The van der Waals surface area contributed by atoms with E-state index in [1.54, 1.807) is 29.2 Å². The quantitative estimate of drug-likeness (QED) is 0.665. The van der Waals surface area contributed by atoms with Crippen molar-refractivity contribution in [1.29, 1.82) is 0 Å². The van der Waals surface area contributed by atoms with Gasteiger partial charge in [0, 0.05) is 23.5 Å². The number of benzene rings is 1. The summed E-state index contributed by atoms with van der Waals surface area (Å²) in [7, 11) is 0. The van der Waals surface area contributed by atoms with Crippen molar-refractivity contribution >= 4 is 51.4 Å². The van der Waals surface area contributed by atoms with Crippen LogP contribution in [0.2, 0.25) is 5.02 Å². The molecule has 1 unspecified atom stereocenters. The van der Waals surface area contributed by atoms with Gasteiger partial charge >= 0.3 is 0 Å². The first-order chi connectivity index (χ1) is 13.6. The van der Waals surface area contributed by atoms with Gasteiger partial charge in [-0.2, -0.15) is 0 Å². The van der Waals surface area contributed by atoms with Gasteiger partial charge in [0.25, 0.3) is 5.91 Å². The second-order valence-electron chi connectivity index (χ2n) is 6.09. The number of nitrogens with one attached hydrogen (secondary N) is 2. The summed E-state index contributed by atoms with van der Waals surface area (Å²) in [6, 6.07) is 10.1. The zero-order valence-corrected chi connectivity index (χ0v) is 16.1. The summed E-state index contributed by atoms with van der Waals surface area (Å²) < 4.78 is 0. The van der Waals surface area contributed by atoms with Gasteiger partial charge in [0.15, 0.2) is 0 Å². The van der Waals surface area contributed by atoms with E-state index in [4.69, 9.17) is 11.6 Å². The van der Waals surface area contributed by atoms with Gasteiger partial charge in [-0.15, -0.1) is 10.2 Å². The molecule has 1 saturated heterocycles. The molecule has 1 fully saturated rings. The van der Waals surface area contributed by atoms with Crippen LogP contribution in [0.5, 0.6) is 0 Å². The van der Waals surface area contributed by atoms with E-state index in [1.807, 2.05) is 12.1 Å². The molecule has 0 aliphatic carbocycles. The molecule has 4 rings (SSSR count). The molecule has 3 heterocycles. The van der Waals surface area contributed by atoms with Gasteiger partial charge in [-0.05, 0) is 36.8 Å². The lowest BCUT2D eigenvalue weighted by atomic mass is 10.2. The molecule has 1 aliphatic heterocycles. The van der Waals surface area contributed by atoms with E-state index < -0.39 is 0 Å². The van der Waals surface area contributed by atoms with Crippen molar-refractivity contribution < 1.29 is 9.59 Å². The molecule has 2 amide bonds. The Morgan fingerprint density at radius 2 is 2.18 bits per heavy atom. The second kappa shape index (κ2) is 7.91. The molecule has 0 bridgehead atoms. The van der Waals surface area contributed by atoms with E-state index in [-0.39, 0.29) is 17.9 Å². The molecule has 0 radical (unpaired) electrons. The van der Waals surface area contributed by atoms with Gasteiger partial charge < -0.3 is 10.2 Å². The first kappa shape index (κ1) is 18.3.